The molecule has 0 aliphatic carbocycles. The number of carbonyl (C=O) groups is 1. The Balaban J connectivity index is 1.46. The van der Waals surface area contributed by atoms with Gasteiger partial charge >= 0.3 is 0 Å². The Morgan fingerprint density at radius 2 is 2.17 bits per heavy atom. The van der Waals surface area contributed by atoms with Gasteiger partial charge in [-0.2, -0.15) is 9.61 Å². The normalized spacial score (nSPS) is 11.1. The number of hydrogen-bond donors (Lipinski definition) is 1. The highest BCUT2D eigenvalue weighted by atomic mass is 32.1. The van der Waals surface area contributed by atoms with Gasteiger partial charge in [-0.05, 0) is 12.1 Å². The Labute approximate surface area is 135 Å². The molecule has 0 spiro atoms. The minimum Gasteiger partial charge on any atom is -0.324 e. The number of amides is 1. The maximum Gasteiger partial charge on any atom is 0.234 e. The lowest BCUT2D eigenvalue weighted by Gasteiger charge is -2.07. The Morgan fingerprint density at radius 1 is 1.26 bits per heavy atom. The van der Waals surface area contributed by atoms with Crippen molar-refractivity contribution in [1.29, 1.82) is 0 Å². The molecule has 0 bridgehead atoms. The van der Waals surface area contributed by atoms with E-state index >= 15 is 0 Å². The molecule has 1 amide bonds. The summed E-state index contributed by atoms with van der Waals surface area (Å²) < 4.78 is 1.62. The zero-order valence-corrected chi connectivity index (χ0v) is 12.8. The largest absolute Gasteiger partial charge is 0.324 e. The predicted molar refractivity (Wildman–Crippen MR) is 87.4 cm³/mol. The minimum absolute atomic E-state index is 0.0610. The number of anilines is 1. The first-order valence-electron chi connectivity index (χ1n) is 7.09. The highest BCUT2D eigenvalue weighted by Gasteiger charge is 2.10. The lowest BCUT2D eigenvalue weighted by atomic mass is 10.2. The van der Waals surface area contributed by atoms with E-state index in [1.54, 1.807) is 17.0 Å². The maximum atomic E-state index is 12.2. The minimum atomic E-state index is -0.0610. The molecule has 23 heavy (non-hydrogen) atoms. The number of aromatic nitrogens is 5. The third-order valence-corrected chi connectivity index (χ3v) is 4.37. The molecular formula is C15H12N6OS. The molecular weight excluding hydrogens is 312 g/mol. The van der Waals surface area contributed by atoms with Crippen molar-refractivity contribution in [2.75, 3.05) is 5.32 Å². The number of pyridine rings is 1. The molecule has 4 aromatic rings. The summed E-state index contributed by atoms with van der Waals surface area (Å²) in [6.45, 7) is 0. The number of para-hydroxylation sites is 1. The molecule has 1 N–H and O–H groups in total. The third-order valence-electron chi connectivity index (χ3n) is 3.40. The van der Waals surface area contributed by atoms with Crippen molar-refractivity contribution in [3.8, 4) is 0 Å². The van der Waals surface area contributed by atoms with Crippen LogP contribution in [0.1, 0.15) is 11.4 Å². The van der Waals surface area contributed by atoms with Crippen LogP contribution in [0.2, 0.25) is 0 Å². The Bertz CT molecular complexity index is 958. The van der Waals surface area contributed by atoms with E-state index in [2.05, 4.69) is 25.6 Å². The summed E-state index contributed by atoms with van der Waals surface area (Å²) in [4.78, 5) is 17.3. The van der Waals surface area contributed by atoms with Crippen LogP contribution >= 0.6 is 11.3 Å². The molecule has 1 aromatic carbocycles. The second-order valence-electron chi connectivity index (χ2n) is 4.98. The van der Waals surface area contributed by atoms with Crippen molar-refractivity contribution < 1.29 is 4.79 Å². The van der Waals surface area contributed by atoms with Crippen molar-refractivity contribution >= 4 is 38.8 Å². The van der Waals surface area contributed by atoms with Gasteiger partial charge in [0.25, 0.3) is 0 Å². The smallest absolute Gasteiger partial charge is 0.234 e. The highest BCUT2D eigenvalue weighted by molar-refractivity contribution is 7.16. The van der Waals surface area contributed by atoms with E-state index in [1.165, 1.54) is 11.3 Å². The van der Waals surface area contributed by atoms with Crippen LogP contribution in [-0.4, -0.2) is 30.7 Å². The van der Waals surface area contributed by atoms with Crippen LogP contribution in [-0.2, 0) is 11.2 Å². The van der Waals surface area contributed by atoms with Crippen molar-refractivity contribution in [3.05, 3.63) is 47.9 Å². The topological polar surface area (TPSA) is 85.1 Å². The zero-order chi connectivity index (χ0) is 15.6. The molecule has 0 aliphatic rings. The van der Waals surface area contributed by atoms with E-state index < -0.39 is 0 Å². The number of rotatable bonds is 4. The van der Waals surface area contributed by atoms with Gasteiger partial charge in [-0.1, -0.05) is 29.5 Å². The monoisotopic (exact) mass is 324 g/mol. The molecule has 3 aromatic heterocycles. The van der Waals surface area contributed by atoms with E-state index in [4.69, 9.17) is 0 Å². The summed E-state index contributed by atoms with van der Waals surface area (Å²) in [5, 5.41) is 16.8. The zero-order valence-electron chi connectivity index (χ0n) is 12.0. The first-order chi connectivity index (χ1) is 11.3. The average molecular weight is 324 g/mol. The molecule has 7 nitrogen and oxygen atoms in total. The number of benzene rings is 1. The van der Waals surface area contributed by atoms with E-state index in [9.17, 15) is 4.79 Å². The fraction of sp³-hybridized carbons (Fsp3) is 0.133. The van der Waals surface area contributed by atoms with Crippen LogP contribution in [0.5, 0.6) is 0 Å². The molecule has 0 aliphatic heterocycles. The number of aryl methyl sites for hydroxylation is 1. The Hall–Kier alpha value is -2.87. The molecule has 0 radical (unpaired) electrons. The van der Waals surface area contributed by atoms with E-state index in [1.807, 2.05) is 30.3 Å². The molecule has 0 atom stereocenters. The molecule has 0 saturated heterocycles. The number of nitrogens with zero attached hydrogens (tertiary/aromatic N) is 5. The first kappa shape index (κ1) is 13.8. The van der Waals surface area contributed by atoms with Gasteiger partial charge in [-0.3, -0.25) is 9.78 Å². The van der Waals surface area contributed by atoms with Crippen LogP contribution in [0.25, 0.3) is 15.9 Å². The molecule has 0 fully saturated rings. The standard InChI is InChI=1S/C15H12N6OS/c22-12(6-7-13-20-21-9-17-19-15(21)23-13)18-11-5-1-3-10-4-2-8-16-14(10)11/h1-5,8-9H,6-7H2,(H,18,22). The SMILES string of the molecule is O=C(CCc1nn2cnnc2s1)Nc1cccc2cccnc12. The Morgan fingerprint density at radius 3 is 3.09 bits per heavy atom. The van der Waals surface area contributed by atoms with Gasteiger partial charge in [-0.15, -0.1) is 10.2 Å². The van der Waals surface area contributed by atoms with Gasteiger partial charge in [0.05, 0.1) is 11.2 Å². The fourth-order valence-corrected chi connectivity index (χ4v) is 3.15. The van der Waals surface area contributed by atoms with Crippen LogP contribution in [0.3, 0.4) is 0 Å². The van der Waals surface area contributed by atoms with Gasteiger partial charge in [0.15, 0.2) is 0 Å². The van der Waals surface area contributed by atoms with Crippen molar-refractivity contribution in [1.82, 2.24) is 24.8 Å². The van der Waals surface area contributed by atoms with Gasteiger partial charge in [0.2, 0.25) is 10.9 Å². The molecule has 3 heterocycles. The van der Waals surface area contributed by atoms with E-state index in [0.29, 0.717) is 12.8 Å². The fourth-order valence-electron chi connectivity index (χ4n) is 2.34. The van der Waals surface area contributed by atoms with Crippen LogP contribution in [0, 0.1) is 0 Å². The van der Waals surface area contributed by atoms with Gasteiger partial charge in [0, 0.05) is 24.4 Å². The van der Waals surface area contributed by atoms with Gasteiger partial charge in [0.1, 0.15) is 11.3 Å². The van der Waals surface area contributed by atoms with Crippen molar-refractivity contribution in [2.24, 2.45) is 0 Å². The van der Waals surface area contributed by atoms with Crippen LogP contribution in [0.15, 0.2) is 42.9 Å². The quantitative estimate of drug-likeness (QED) is 0.622. The van der Waals surface area contributed by atoms with Crippen LogP contribution < -0.4 is 5.32 Å². The van der Waals surface area contributed by atoms with E-state index in [0.717, 1.165) is 26.6 Å². The van der Waals surface area contributed by atoms with Crippen molar-refractivity contribution in [3.63, 3.8) is 0 Å². The summed E-state index contributed by atoms with van der Waals surface area (Å²) in [7, 11) is 0. The van der Waals surface area contributed by atoms with E-state index in [-0.39, 0.29) is 5.91 Å². The van der Waals surface area contributed by atoms with Gasteiger partial charge < -0.3 is 5.32 Å². The predicted octanol–water partition coefficient (Wildman–Crippen LogP) is 2.31. The lowest BCUT2D eigenvalue weighted by Crippen LogP contribution is -2.12. The Kier molecular flexibility index (Phi) is 3.43. The first-order valence-corrected chi connectivity index (χ1v) is 7.90. The summed E-state index contributed by atoms with van der Waals surface area (Å²) >= 11 is 1.44. The average Bonchev–Trinajstić information content (AvgIpc) is 3.15. The summed E-state index contributed by atoms with van der Waals surface area (Å²) in [5.41, 5.74) is 1.52. The maximum absolute atomic E-state index is 12.2. The molecule has 114 valence electrons. The lowest BCUT2D eigenvalue weighted by molar-refractivity contribution is -0.116. The molecule has 0 unspecified atom stereocenters. The van der Waals surface area contributed by atoms with Crippen molar-refractivity contribution in [2.45, 2.75) is 12.8 Å². The second kappa shape index (κ2) is 5.73. The highest BCUT2D eigenvalue weighted by Crippen LogP contribution is 2.21. The number of nitrogens with one attached hydrogen (secondary N) is 1. The third kappa shape index (κ3) is 2.76. The molecule has 8 heteroatoms. The van der Waals surface area contributed by atoms with Gasteiger partial charge in [-0.25, -0.2) is 0 Å². The summed E-state index contributed by atoms with van der Waals surface area (Å²) in [6.07, 6.45) is 4.19. The summed E-state index contributed by atoms with van der Waals surface area (Å²) in [6, 6.07) is 9.58. The van der Waals surface area contributed by atoms with Crippen LogP contribution in [0.4, 0.5) is 5.69 Å². The summed E-state index contributed by atoms with van der Waals surface area (Å²) in [5.74, 6) is -0.0610. The number of fused-ring (bicyclic) bond motifs is 2. The second-order valence-corrected chi connectivity index (χ2v) is 6.02. The number of carbonyl (C=O) groups excluding carboxylic acids is 1. The molecule has 4 rings (SSSR count). The number of hydrogen-bond acceptors (Lipinski definition) is 6. The molecule has 0 saturated carbocycles.